The van der Waals surface area contributed by atoms with Crippen LogP contribution in [0.4, 0.5) is 0 Å². The zero-order chi connectivity index (χ0) is 20.3. The van der Waals surface area contributed by atoms with Gasteiger partial charge in [0, 0.05) is 28.7 Å². The fourth-order valence-electron chi connectivity index (χ4n) is 8.45. The maximum absolute atomic E-state index is 6.50. The molecule has 4 bridgehead atoms. The second-order valence-electron chi connectivity index (χ2n) is 10.9. The average molecular weight is 406 g/mol. The zero-order valence-electron chi connectivity index (χ0n) is 18.0. The van der Waals surface area contributed by atoms with E-state index >= 15 is 0 Å². The van der Waals surface area contributed by atoms with E-state index in [0.29, 0.717) is 5.41 Å². The first-order valence-corrected chi connectivity index (χ1v) is 12.0. The first-order chi connectivity index (χ1) is 15.2. The lowest BCUT2D eigenvalue weighted by Gasteiger charge is -2.57. The average Bonchev–Trinajstić information content (AvgIpc) is 3.28. The highest BCUT2D eigenvalue weighted by Gasteiger charge is 2.52. The minimum absolute atomic E-state index is 0.359. The summed E-state index contributed by atoms with van der Waals surface area (Å²) in [4.78, 5) is 0. The van der Waals surface area contributed by atoms with Gasteiger partial charge in [-0.3, -0.25) is 0 Å². The molecule has 0 amide bonds. The molecule has 5 aromatic rings. The Bertz CT molecular complexity index is 1500. The summed E-state index contributed by atoms with van der Waals surface area (Å²) in [6.45, 7) is 0. The van der Waals surface area contributed by atoms with Crippen LogP contribution in [-0.4, -0.2) is 4.57 Å². The molecule has 0 radical (unpaired) electrons. The van der Waals surface area contributed by atoms with Crippen molar-refractivity contribution in [3.8, 4) is 0 Å². The Balaban J connectivity index is 1.52. The quantitative estimate of drug-likeness (QED) is 0.279. The maximum atomic E-state index is 6.50. The molecular weight excluding hydrogens is 378 g/mol. The molecular formula is C29H27NO. The van der Waals surface area contributed by atoms with Crippen LogP contribution in [0.2, 0.25) is 0 Å². The lowest BCUT2D eigenvalue weighted by Crippen LogP contribution is -2.48. The van der Waals surface area contributed by atoms with Crippen molar-refractivity contribution < 1.29 is 4.42 Å². The Morgan fingerprint density at radius 1 is 0.742 bits per heavy atom. The van der Waals surface area contributed by atoms with E-state index in [1.807, 2.05) is 0 Å². The van der Waals surface area contributed by atoms with Gasteiger partial charge < -0.3 is 8.98 Å². The van der Waals surface area contributed by atoms with Gasteiger partial charge in [-0.15, -0.1) is 0 Å². The Kier molecular flexibility index (Phi) is 3.02. The van der Waals surface area contributed by atoms with Gasteiger partial charge >= 0.3 is 0 Å². The highest BCUT2D eigenvalue weighted by molar-refractivity contribution is 6.24. The van der Waals surface area contributed by atoms with Gasteiger partial charge in [0.15, 0.2) is 0 Å². The topological polar surface area (TPSA) is 18.1 Å². The number of nitrogens with zero attached hydrogens (tertiary/aromatic N) is 1. The summed E-state index contributed by atoms with van der Waals surface area (Å²) in [6, 6.07) is 20.1. The third-order valence-corrected chi connectivity index (χ3v) is 9.14. The number of fused-ring (bicyclic) bond motifs is 7. The van der Waals surface area contributed by atoms with Crippen molar-refractivity contribution in [2.24, 2.45) is 24.8 Å². The van der Waals surface area contributed by atoms with Gasteiger partial charge in [0.1, 0.15) is 11.2 Å². The number of hydrogen-bond donors (Lipinski definition) is 0. The number of aryl methyl sites for hydroxylation is 1. The van der Waals surface area contributed by atoms with Crippen LogP contribution < -0.4 is 0 Å². The number of rotatable bonds is 1. The lowest BCUT2D eigenvalue weighted by molar-refractivity contribution is -0.00447. The van der Waals surface area contributed by atoms with Crippen LogP contribution in [0.1, 0.15) is 44.1 Å². The van der Waals surface area contributed by atoms with Crippen molar-refractivity contribution in [3.63, 3.8) is 0 Å². The van der Waals surface area contributed by atoms with Crippen molar-refractivity contribution >= 4 is 43.7 Å². The lowest BCUT2D eigenvalue weighted by atomic mass is 9.48. The number of benzene rings is 3. The SMILES string of the molecule is Cn1c2ccccc2c2ccc3oc4cccc(C56CC7CC(CC(C7)C5)C6)c4c3c21. The van der Waals surface area contributed by atoms with Crippen LogP contribution in [0.3, 0.4) is 0 Å². The third-order valence-electron chi connectivity index (χ3n) is 9.14. The highest BCUT2D eigenvalue weighted by Crippen LogP contribution is 2.62. The van der Waals surface area contributed by atoms with Crippen molar-refractivity contribution in [1.82, 2.24) is 4.57 Å². The molecule has 154 valence electrons. The van der Waals surface area contributed by atoms with E-state index in [1.54, 1.807) is 5.56 Å². The Morgan fingerprint density at radius 3 is 2.23 bits per heavy atom. The normalized spacial score (nSPS) is 29.8. The van der Waals surface area contributed by atoms with E-state index in [2.05, 4.69) is 66.2 Å². The summed E-state index contributed by atoms with van der Waals surface area (Å²) in [5.41, 5.74) is 6.67. The smallest absolute Gasteiger partial charge is 0.137 e. The van der Waals surface area contributed by atoms with Crippen molar-refractivity contribution in [2.75, 3.05) is 0 Å². The fourth-order valence-corrected chi connectivity index (χ4v) is 8.45. The zero-order valence-corrected chi connectivity index (χ0v) is 18.0. The Hall–Kier alpha value is -2.74. The van der Waals surface area contributed by atoms with E-state index < -0.39 is 0 Å². The van der Waals surface area contributed by atoms with Crippen LogP contribution in [0.25, 0.3) is 43.7 Å². The summed E-state index contributed by atoms with van der Waals surface area (Å²) in [6.07, 6.45) is 8.60. The molecule has 31 heavy (non-hydrogen) atoms. The molecule has 0 N–H and O–H groups in total. The van der Waals surface area contributed by atoms with Crippen LogP contribution in [0, 0.1) is 17.8 Å². The van der Waals surface area contributed by atoms with Crippen LogP contribution in [0.5, 0.6) is 0 Å². The summed E-state index contributed by atoms with van der Waals surface area (Å²) >= 11 is 0. The van der Waals surface area contributed by atoms with Crippen LogP contribution >= 0.6 is 0 Å². The first kappa shape index (κ1) is 16.9. The first-order valence-electron chi connectivity index (χ1n) is 12.0. The predicted octanol–water partition coefficient (Wildman–Crippen LogP) is 7.70. The number of para-hydroxylation sites is 1. The molecule has 3 aromatic carbocycles. The van der Waals surface area contributed by atoms with Crippen molar-refractivity contribution in [1.29, 1.82) is 0 Å². The van der Waals surface area contributed by atoms with E-state index in [4.69, 9.17) is 4.42 Å². The number of furan rings is 1. The standard InChI is InChI=1S/C29H27NO/c1-30-23-7-3-2-5-20(23)21-9-10-25-27(28(21)30)26-22(6-4-8-24(26)31-25)29-14-17-11-18(15-29)13-19(12-17)16-29/h2-10,17-19H,11-16H2,1H3. The van der Waals surface area contributed by atoms with Gasteiger partial charge in [-0.25, -0.2) is 0 Å². The molecule has 0 spiro atoms. The molecule has 0 saturated heterocycles. The molecule has 4 aliphatic rings. The molecule has 2 nitrogen and oxygen atoms in total. The van der Waals surface area contributed by atoms with Gasteiger partial charge in [-0.05, 0) is 91.5 Å². The summed E-state index contributed by atoms with van der Waals surface area (Å²) in [5, 5.41) is 5.41. The Labute approximate surface area is 181 Å². The largest absolute Gasteiger partial charge is 0.456 e. The van der Waals surface area contributed by atoms with Gasteiger partial charge in [0.2, 0.25) is 0 Å². The molecule has 2 aromatic heterocycles. The summed E-state index contributed by atoms with van der Waals surface area (Å²) in [7, 11) is 2.22. The fraction of sp³-hybridized carbons (Fsp3) is 0.379. The van der Waals surface area contributed by atoms with Crippen molar-refractivity contribution in [2.45, 2.75) is 43.9 Å². The predicted molar refractivity (Wildman–Crippen MR) is 128 cm³/mol. The Morgan fingerprint density at radius 2 is 1.45 bits per heavy atom. The minimum atomic E-state index is 0.359. The van der Waals surface area contributed by atoms with E-state index in [9.17, 15) is 0 Å². The van der Waals surface area contributed by atoms with Gasteiger partial charge in [-0.2, -0.15) is 0 Å². The second-order valence-corrected chi connectivity index (χ2v) is 10.9. The maximum Gasteiger partial charge on any atom is 0.137 e. The van der Waals surface area contributed by atoms with Gasteiger partial charge in [0.05, 0.1) is 10.9 Å². The third kappa shape index (κ3) is 2.04. The van der Waals surface area contributed by atoms with Gasteiger partial charge in [0.25, 0.3) is 0 Å². The molecule has 4 saturated carbocycles. The van der Waals surface area contributed by atoms with Crippen LogP contribution in [0.15, 0.2) is 59.0 Å². The number of hydrogen-bond acceptors (Lipinski definition) is 1. The van der Waals surface area contributed by atoms with Gasteiger partial charge in [-0.1, -0.05) is 30.3 Å². The molecule has 4 aliphatic carbocycles. The molecule has 9 rings (SSSR count). The second kappa shape index (κ2) is 5.54. The van der Waals surface area contributed by atoms with E-state index in [1.165, 1.54) is 71.1 Å². The molecule has 2 heteroatoms. The van der Waals surface area contributed by atoms with E-state index in [0.717, 1.165) is 28.9 Å². The molecule has 0 atom stereocenters. The summed E-state index contributed by atoms with van der Waals surface area (Å²) < 4.78 is 8.89. The highest BCUT2D eigenvalue weighted by atomic mass is 16.3. The van der Waals surface area contributed by atoms with Crippen LogP contribution in [-0.2, 0) is 12.5 Å². The van der Waals surface area contributed by atoms with E-state index in [-0.39, 0.29) is 0 Å². The minimum Gasteiger partial charge on any atom is -0.456 e. The van der Waals surface area contributed by atoms with Crippen molar-refractivity contribution in [3.05, 3.63) is 60.2 Å². The summed E-state index contributed by atoms with van der Waals surface area (Å²) in [5.74, 6) is 2.83. The molecule has 4 fully saturated rings. The molecule has 2 heterocycles. The number of aromatic nitrogens is 1. The monoisotopic (exact) mass is 405 g/mol. The molecule has 0 aliphatic heterocycles. The molecule has 0 unspecified atom stereocenters.